The molecule has 4 rings (SSSR count). The summed E-state index contributed by atoms with van der Waals surface area (Å²) in [4.78, 5) is 29.9. The average Bonchev–Trinajstić information content (AvgIpc) is 3.49. The third-order valence-corrected chi connectivity index (χ3v) is 5.98. The van der Waals surface area contributed by atoms with Crippen molar-refractivity contribution in [1.82, 2.24) is 9.55 Å². The minimum absolute atomic E-state index is 0.0644. The first kappa shape index (κ1) is 20.6. The standard InChI is InChI=1S/C24H30N2O4/c1-6-29-23(28)17-12-26-18(11-19(17)27)22-16(10-21(26)24(3,4)5)9-20(14(2)25-22)30-13-15-7-8-15/h9,11-12,15,21H,6-8,10,13H2,1-5H3. The van der Waals surface area contributed by atoms with Gasteiger partial charge in [0, 0.05) is 18.3 Å². The molecule has 1 saturated carbocycles. The Morgan fingerprint density at radius 3 is 2.63 bits per heavy atom. The average molecular weight is 411 g/mol. The van der Waals surface area contributed by atoms with Gasteiger partial charge in [0.2, 0.25) is 0 Å². The normalized spacial score (nSPS) is 17.8. The van der Waals surface area contributed by atoms with Crippen LogP contribution < -0.4 is 10.2 Å². The zero-order valence-corrected chi connectivity index (χ0v) is 18.4. The summed E-state index contributed by atoms with van der Waals surface area (Å²) in [5, 5.41) is 0. The fourth-order valence-electron chi connectivity index (χ4n) is 4.03. The number of rotatable bonds is 5. The molecule has 1 unspecified atom stereocenters. The summed E-state index contributed by atoms with van der Waals surface area (Å²) in [5.74, 6) is 0.917. The number of aryl methyl sites for hydroxylation is 1. The van der Waals surface area contributed by atoms with Gasteiger partial charge in [-0.2, -0.15) is 0 Å². The highest BCUT2D eigenvalue weighted by Crippen LogP contribution is 2.43. The summed E-state index contributed by atoms with van der Waals surface area (Å²) in [7, 11) is 0. The van der Waals surface area contributed by atoms with Crippen LogP contribution >= 0.6 is 0 Å². The Bertz CT molecular complexity index is 1040. The van der Waals surface area contributed by atoms with Crippen molar-refractivity contribution < 1.29 is 14.3 Å². The van der Waals surface area contributed by atoms with Gasteiger partial charge in [-0.15, -0.1) is 0 Å². The second-order valence-electron chi connectivity index (χ2n) is 9.48. The van der Waals surface area contributed by atoms with Gasteiger partial charge >= 0.3 is 5.97 Å². The van der Waals surface area contributed by atoms with E-state index in [1.807, 2.05) is 11.5 Å². The number of esters is 1. The van der Waals surface area contributed by atoms with Crippen LogP contribution in [0.3, 0.4) is 0 Å². The van der Waals surface area contributed by atoms with E-state index in [-0.39, 0.29) is 29.1 Å². The van der Waals surface area contributed by atoms with Crippen LogP contribution in [0.15, 0.2) is 23.1 Å². The van der Waals surface area contributed by atoms with Gasteiger partial charge < -0.3 is 14.0 Å². The highest BCUT2D eigenvalue weighted by molar-refractivity contribution is 5.89. The SMILES string of the molecule is CCOC(=O)c1cn2c(cc1=O)-c1nc(C)c(OCC3CC3)cc1CC2C(C)(C)C. The maximum atomic E-state index is 12.7. The van der Waals surface area contributed by atoms with Crippen LogP contribution in [0.25, 0.3) is 11.4 Å². The Hall–Kier alpha value is -2.63. The maximum Gasteiger partial charge on any atom is 0.343 e. The lowest BCUT2D eigenvalue weighted by Crippen LogP contribution is -2.33. The molecule has 6 nitrogen and oxygen atoms in total. The van der Waals surface area contributed by atoms with E-state index in [4.69, 9.17) is 14.5 Å². The van der Waals surface area contributed by atoms with E-state index >= 15 is 0 Å². The molecule has 0 amide bonds. The molecule has 3 heterocycles. The first-order valence-electron chi connectivity index (χ1n) is 10.8. The van der Waals surface area contributed by atoms with E-state index in [0.29, 0.717) is 5.92 Å². The molecule has 30 heavy (non-hydrogen) atoms. The highest BCUT2D eigenvalue weighted by atomic mass is 16.5. The molecule has 2 aliphatic rings. The molecule has 0 N–H and O–H groups in total. The number of pyridine rings is 2. The predicted molar refractivity (Wildman–Crippen MR) is 115 cm³/mol. The lowest BCUT2D eigenvalue weighted by Gasteiger charge is -2.38. The van der Waals surface area contributed by atoms with Crippen LogP contribution in [0.4, 0.5) is 0 Å². The number of ether oxygens (including phenoxy) is 2. The minimum atomic E-state index is -0.579. The molecule has 0 aromatic carbocycles. The van der Waals surface area contributed by atoms with Crippen LogP contribution in [0.1, 0.15) is 68.2 Å². The molecular formula is C24H30N2O4. The van der Waals surface area contributed by atoms with E-state index < -0.39 is 5.97 Å². The highest BCUT2D eigenvalue weighted by Gasteiger charge is 2.35. The summed E-state index contributed by atoms with van der Waals surface area (Å²) in [5.41, 5.74) is 3.07. The minimum Gasteiger partial charge on any atom is -0.491 e. The molecule has 0 saturated heterocycles. The molecule has 1 atom stereocenters. The van der Waals surface area contributed by atoms with Crippen molar-refractivity contribution >= 4 is 5.97 Å². The number of hydrogen-bond acceptors (Lipinski definition) is 5. The van der Waals surface area contributed by atoms with Crippen molar-refractivity contribution in [2.45, 2.75) is 59.9 Å². The number of fused-ring (bicyclic) bond motifs is 3. The van der Waals surface area contributed by atoms with Crippen molar-refractivity contribution in [2.24, 2.45) is 11.3 Å². The summed E-state index contributed by atoms with van der Waals surface area (Å²) < 4.78 is 13.2. The number of aromatic nitrogens is 2. The van der Waals surface area contributed by atoms with E-state index in [9.17, 15) is 9.59 Å². The molecule has 1 aliphatic carbocycles. The second-order valence-corrected chi connectivity index (χ2v) is 9.48. The Labute approximate surface area is 177 Å². The monoisotopic (exact) mass is 410 g/mol. The molecule has 0 bridgehead atoms. The van der Waals surface area contributed by atoms with Gasteiger partial charge in [-0.3, -0.25) is 4.79 Å². The molecule has 160 valence electrons. The Kier molecular flexibility index (Phi) is 5.20. The molecular weight excluding hydrogens is 380 g/mol. The van der Waals surface area contributed by atoms with E-state index in [1.54, 1.807) is 13.1 Å². The quantitative estimate of drug-likeness (QED) is 0.686. The molecule has 0 spiro atoms. The van der Waals surface area contributed by atoms with Gasteiger partial charge in [-0.1, -0.05) is 20.8 Å². The fourth-order valence-corrected chi connectivity index (χ4v) is 4.03. The molecule has 6 heteroatoms. The first-order valence-corrected chi connectivity index (χ1v) is 10.8. The van der Waals surface area contributed by atoms with E-state index in [2.05, 4.69) is 26.8 Å². The fraction of sp³-hybridized carbons (Fsp3) is 0.542. The maximum absolute atomic E-state index is 12.7. The van der Waals surface area contributed by atoms with Gasteiger partial charge in [-0.25, -0.2) is 9.78 Å². The molecule has 2 aromatic heterocycles. The topological polar surface area (TPSA) is 70.4 Å². The zero-order chi connectivity index (χ0) is 21.6. The van der Waals surface area contributed by atoms with Crippen molar-refractivity contribution in [2.75, 3.05) is 13.2 Å². The Morgan fingerprint density at radius 2 is 2.00 bits per heavy atom. The second kappa shape index (κ2) is 7.56. The first-order chi connectivity index (χ1) is 14.2. The Morgan fingerprint density at radius 1 is 1.27 bits per heavy atom. The lowest BCUT2D eigenvalue weighted by molar-refractivity contribution is 0.0523. The van der Waals surface area contributed by atoms with Crippen molar-refractivity contribution in [1.29, 1.82) is 0 Å². The van der Waals surface area contributed by atoms with Gasteiger partial charge in [0.1, 0.15) is 11.3 Å². The number of nitrogens with zero attached hydrogens (tertiary/aromatic N) is 2. The number of carbonyl (C=O) groups excluding carboxylic acids is 1. The van der Waals surface area contributed by atoms with Gasteiger partial charge in [0.15, 0.2) is 5.43 Å². The molecule has 2 aromatic rings. The molecule has 1 fully saturated rings. The smallest absolute Gasteiger partial charge is 0.343 e. The van der Waals surface area contributed by atoms with Crippen LogP contribution in [-0.2, 0) is 11.2 Å². The van der Waals surface area contributed by atoms with E-state index in [0.717, 1.165) is 41.4 Å². The number of hydrogen-bond donors (Lipinski definition) is 0. The molecule has 1 aliphatic heterocycles. The predicted octanol–water partition coefficient (Wildman–Crippen LogP) is 4.33. The van der Waals surface area contributed by atoms with Crippen molar-refractivity contribution in [3.8, 4) is 17.1 Å². The molecule has 0 radical (unpaired) electrons. The van der Waals surface area contributed by atoms with Crippen LogP contribution in [-0.4, -0.2) is 28.7 Å². The van der Waals surface area contributed by atoms with Crippen molar-refractivity contribution in [3.05, 3.63) is 45.4 Å². The third kappa shape index (κ3) is 3.87. The van der Waals surface area contributed by atoms with Crippen LogP contribution in [0.2, 0.25) is 0 Å². The number of carbonyl (C=O) groups is 1. The summed E-state index contributed by atoms with van der Waals surface area (Å²) in [6.07, 6.45) is 4.89. The van der Waals surface area contributed by atoms with Crippen LogP contribution in [0, 0.1) is 18.3 Å². The third-order valence-electron chi connectivity index (χ3n) is 5.98. The van der Waals surface area contributed by atoms with Gasteiger partial charge in [0.25, 0.3) is 0 Å². The van der Waals surface area contributed by atoms with Crippen molar-refractivity contribution in [3.63, 3.8) is 0 Å². The Balaban J connectivity index is 1.83. The van der Waals surface area contributed by atoms with Gasteiger partial charge in [-0.05, 0) is 56.1 Å². The summed E-state index contributed by atoms with van der Waals surface area (Å²) in [6.45, 7) is 11.1. The van der Waals surface area contributed by atoms with E-state index in [1.165, 1.54) is 18.9 Å². The largest absolute Gasteiger partial charge is 0.491 e. The summed E-state index contributed by atoms with van der Waals surface area (Å²) in [6, 6.07) is 3.68. The summed E-state index contributed by atoms with van der Waals surface area (Å²) >= 11 is 0. The van der Waals surface area contributed by atoms with Gasteiger partial charge in [0.05, 0.1) is 30.3 Å². The van der Waals surface area contributed by atoms with Crippen LogP contribution in [0.5, 0.6) is 5.75 Å². The lowest BCUT2D eigenvalue weighted by atomic mass is 9.79. The zero-order valence-electron chi connectivity index (χ0n) is 18.4.